The first-order valence-electron chi connectivity index (χ1n) is 8.24. The number of fused-ring (bicyclic) bond motifs is 1. The molecule has 0 saturated carbocycles. The molecule has 0 fully saturated rings. The van der Waals surface area contributed by atoms with Gasteiger partial charge in [0.2, 0.25) is 0 Å². The number of aromatic nitrogens is 2. The highest BCUT2D eigenvalue weighted by molar-refractivity contribution is 5.93. The molecule has 0 saturated heterocycles. The van der Waals surface area contributed by atoms with Gasteiger partial charge in [-0.05, 0) is 19.1 Å². The first kappa shape index (κ1) is 18.7. The fraction of sp³-hybridized carbons (Fsp3) is 0.263. The van der Waals surface area contributed by atoms with Crippen molar-refractivity contribution in [2.24, 2.45) is 0 Å². The molecule has 27 heavy (non-hydrogen) atoms. The Hall–Kier alpha value is -3.13. The summed E-state index contributed by atoms with van der Waals surface area (Å²) in [5.74, 6) is 0.809. The average Bonchev–Trinajstić information content (AvgIpc) is 2.65. The lowest BCUT2D eigenvalue weighted by molar-refractivity contribution is 0.144. The van der Waals surface area contributed by atoms with Crippen LogP contribution in [0.2, 0.25) is 0 Å². The summed E-state index contributed by atoms with van der Waals surface area (Å²) >= 11 is 0. The second-order valence-electron chi connectivity index (χ2n) is 5.81. The Kier molecular flexibility index (Phi) is 5.56. The molecule has 3 rings (SSSR count). The zero-order chi connectivity index (χ0) is 19.4. The highest BCUT2D eigenvalue weighted by Gasteiger charge is 2.14. The molecular weight excluding hydrogens is 353 g/mol. The fourth-order valence-electron chi connectivity index (χ4n) is 2.59. The highest BCUT2D eigenvalue weighted by atomic mass is 19.1. The molecule has 0 bridgehead atoms. The molecule has 0 aliphatic rings. The Morgan fingerprint density at radius 1 is 1.07 bits per heavy atom. The SMILES string of the molecule is COCCOc1cc2ncnc(Nc3cc(F)cc(O)c3C)c2cc1OC. The van der Waals surface area contributed by atoms with E-state index < -0.39 is 5.82 Å². The minimum Gasteiger partial charge on any atom is -0.507 e. The summed E-state index contributed by atoms with van der Waals surface area (Å²) in [6.45, 7) is 2.50. The van der Waals surface area contributed by atoms with Crippen LogP contribution in [0.15, 0.2) is 30.6 Å². The fourth-order valence-corrected chi connectivity index (χ4v) is 2.59. The van der Waals surface area contributed by atoms with E-state index in [-0.39, 0.29) is 5.75 Å². The van der Waals surface area contributed by atoms with Crippen LogP contribution in [0.4, 0.5) is 15.9 Å². The second kappa shape index (κ2) is 8.05. The van der Waals surface area contributed by atoms with E-state index in [2.05, 4.69) is 15.3 Å². The molecule has 1 aromatic heterocycles. The van der Waals surface area contributed by atoms with Crippen molar-refractivity contribution in [3.8, 4) is 17.2 Å². The smallest absolute Gasteiger partial charge is 0.163 e. The van der Waals surface area contributed by atoms with Crippen LogP contribution in [0, 0.1) is 12.7 Å². The lowest BCUT2D eigenvalue weighted by Gasteiger charge is -2.15. The first-order chi connectivity index (χ1) is 13.0. The van der Waals surface area contributed by atoms with Gasteiger partial charge < -0.3 is 24.6 Å². The zero-order valence-electron chi connectivity index (χ0n) is 15.2. The van der Waals surface area contributed by atoms with Gasteiger partial charge in [0.05, 0.1) is 19.2 Å². The topological polar surface area (TPSA) is 85.7 Å². The third-order valence-corrected chi connectivity index (χ3v) is 4.06. The molecule has 7 nitrogen and oxygen atoms in total. The Morgan fingerprint density at radius 2 is 1.89 bits per heavy atom. The van der Waals surface area contributed by atoms with Crippen LogP contribution in [0.5, 0.6) is 17.2 Å². The van der Waals surface area contributed by atoms with Crippen molar-refractivity contribution in [2.45, 2.75) is 6.92 Å². The van der Waals surface area contributed by atoms with Gasteiger partial charge in [-0.3, -0.25) is 0 Å². The number of anilines is 2. The molecule has 0 unspecified atom stereocenters. The summed E-state index contributed by atoms with van der Waals surface area (Å²) in [5, 5.41) is 13.6. The predicted molar refractivity (Wildman–Crippen MR) is 99.5 cm³/mol. The maximum Gasteiger partial charge on any atom is 0.163 e. The van der Waals surface area contributed by atoms with Crippen molar-refractivity contribution < 1.29 is 23.7 Å². The van der Waals surface area contributed by atoms with Crippen LogP contribution in [0.3, 0.4) is 0 Å². The number of phenols is 1. The summed E-state index contributed by atoms with van der Waals surface area (Å²) < 4.78 is 29.7. The van der Waals surface area contributed by atoms with Crippen molar-refractivity contribution in [1.29, 1.82) is 0 Å². The molecule has 0 atom stereocenters. The van der Waals surface area contributed by atoms with Gasteiger partial charge in [0, 0.05) is 35.9 Å². The van der Waals surface area contributed by atoms with Crippen LogP contribution < -0.4 is 14.8 Å². The normalized spacial score (nSPS) is 10.8. The van der Waals surface area contributed by atoms with E-state index in [4.69, 9.17) is 14.2 Å². The molecule has 0 amide bonds. The van der Waals surface area contributed by atoms with Crippen LogP contribution in [-0.4, -0.2) is 42.5 Å². The number of nitrogens with one attached hydrogen (secondary N) is 1. The number of aromatic hydroxyl groups is 1. The average molecular weight is 373 g/mol. The summed E-state index contributed by atoms with van der Waals surface area (Å²) in [6, 6.07) is 5.84. The van der Waals surface area contributed by atoms with Crippen molar-refractivity contribution in [1.82, 2.24) is 9.97 Å². The van der Waals surface area contributed by atoms with E-state index in [1.165, 1.54) is 19.5 Å². The molecule has 0 aliphatic carbocycles. The summed E-state index contributed by atoms with van der Waals surface area (Å²) in [6.07, 6.45) is 1.39. The number of methoxy groups -OCH3 is 2. The molecule has 2 aromatic carbocycles. The molecular formula is C19H20FN3O4. The molecule has 0 radical (unpaired) electrons. The van der Waals surface area contributed by atoms with E-state index in [0.29, 0.717) is 52.7 Å². The van der Waals surface area contributed by atoms with Gasteiger partial charge >= 0.3 is 0 Å². The van der Waals surface area contributed by atoms with E-state index >= 15 is 0 Å². The quantitative estimate of drug-likeness (QED) is 0.613. The minimum atomic E-state index is -0.551. The molecule has 8 heteroatoms. The molecule has 2 N–H and O–H groups in total. The number of hydrogen-bond donors (Lipinski definition) is 2. The maximum absolute atomic E-state index is 13.7. The number of ether oxygens (including phenoxy) is 3. The summed E-state index contributed by atoms with van der Waals surface area (Å²) in [4.78, 5) is 8.50. The Bertz CT molecular complexity index is 965. The van der Waals surface area contributed by atoms with E-state index in [9.17, 15) is 9.50 Å². The summed E-state index contributed by atoms with van der Waals surface area (Å²) in [5.41, 5.74) is 1.54. The van der Waals surface area contributed by atoms with Gasteiger partial charge in [0.15, 0.2) is 11.5 Å². The van der Waals surface area contributed by atoms with Gasteiger partial charge in [0.1, 0.15) is 30.3 Å². The molecule has 0 aliphatic heterocycles. The lowest BCUT2D eigenvalue weighted by atomic mass is 10.1. The Morgan fingerprint density at radius 3 is 2.63 bits per heavy atom. The third-order valence-electron chi connectivity index (χ3n) is 4.06. The standard InChI is InChI=1S/C19H20FN3O4/c1-11-14(6-12(20)7-16(11)24)23-19-13-8-17(26-3)18(27-5-4-25-2)9-15(13)21-10-22-19/h6-10,24H,4-5H2,1-3H3,(H,21,22,23). The molecule has 1 heterocycles. The van der Waals surface area contributed by atoms with Crippen LogP contribution in [0.25, 0.3) is 10.9 Å². The minimum absolute atomic E-state index is 0.137. The molecule has 0 spiro atoms. The van der Waals surface area contributed by atoms with E-state index in [1.807, 2.05) is 0 Å². The largest absolute Gasteiger partial charge is 0.507 e. The Balaban J connectivity index is 2.02. The van der Waals surface area contributed by atoms with Gasteiger partial charge in [-0.15, -0.1) is 0 Å². The number of halogens is 1. The Labute approximate surface area is 155 Å². The molecule has 3 aromatic rings. The first-order valence-corrected chi connectivity index (χ1v) is 8.24. The van der Waals surface area contributed by atoms with Crippen LogP contribution in [0.1, 0.15) is 5.56 Å². The van der Waals surface area contributed by atoms with Crippen LogP contribution >= 0.6 is 0 Å². The number of nitrogens with zero attached hydrogens (tertiary/aromatic N) is 2. The van der Waals surface area contributed by atoms with Crippen molar-refractivity contribution >= 4 is 22.4 Å². The second-order valence-corrected chi connectivity index (χ2v) is 5.81. The highest BCUT2D eigenvalue weighted by Crippen LogP contribution is 2.36. The summed E-state index contributed by atoms with van der Waals surface area (Å²) in [7, 11) is 3.13. The van der Waals surface area contributed by atoms with Crippen molar-refractivity contribution in [2.75, 3.05) is 32.8 Å². The molecule has 142 valence electrons. The number of phenolic OH excluding ortho intramolecular Hbond substituents is 1. The van der Waals surface area contributed by atoms with E-state index in [0.717, 1.165) is 6.07 Å². The van der Waals surface area contributed by atoms with Crippen molar-refractivity contribution in [3.63, 3.8) is 0 Å². The number of hydrogen-bond acceptors (Lipinski definition) is 7. The monoisotopic (exact) mass is 373 g/mol. The van der Waals surface area contributed by atoms with Gasteiger partial charge in [-0.25, -0.2) is 14.4 Å². The van der Waals surface area contributed by atoms with Gasteiger partial charge in [-0.2, -0.15) is 0 Å². The van der Waals surface area contributed by atoms with Crippen molar-refractivity contribution in [3.05, 3.63) is 42.0 Å². The lowest BCUT2D eigenvalue weighted by Crippen LogP contribution is -2.06. The number of rotatable bonds is 7. The third kappa shape index (κ3) is 4.01. The predicted octanol–water partition coefficient (Wildman–Crippen LogP) is 3.56. The number of benzene rings is 2. The zero-order valence-corrected chi connectivity index (χ0v) is 15.2. The van der Waals surface area contributed by atoms with E-state index in [1.54, 1.807) is 26.2 Å². The van der Waals surface area contributed by atoms with Crippen LogP contribution in [-0.2, 0) is 4.74 Å². The van der Waals surface area contributed by atoms with Gasteiger partial charge in [0.25, 0.3) is 0 Å². The maximum atomic E-state index is 13.7. The van der Waals surface area contributed by atoms with Gasteiger partial charge in [-0.1, -0.05) is 0 Å².